The van der Waals surface area contributed by atoms with Crippen molar-refractivity contribution in [3.63, 3.8) is 0 Å². The lowest BCUT2D eigenvalue weighted by atomic mass is 10.1. The van der Waals surface area contributed by atoms with Gasteiger partial charge in [-0.25, -0.2) is 4.79 Å². The third-order valence-electron chi connectivity index (χ3n) is 2.99. The summed E-state index contributed by atoms with van der Waals surface area (Å²) < 4.78 is 6.95. The van der Waals surface area contributed by atoms with Crippen molar-refractivity contribution >= 4 is 5.97 Å². The molecule has 0 unspecified atom stereocenters. The summed E-state index contributed by atoms with van der Waals surface area (Å²) in [7, 11) is 1.56. The van der Waals surface area contributed by atoms with E-state index in [1.807, 2.05) is 32.9 Å². The van der Waals surface area contributed by atoms with Gasteiger partial charge in [0.05, 0.1) is 12.6 Å². The molecule has 0 aliphatic carbocycles. The number of aromatic carboxylic acids is 1. The molecule has 2 rings (SSSR count). The zero-order valence-electron chi connectivity index (χ0n) is 12.0. The first-order valence-electron chi connectivity index (χ1n) is 6.31. The fourth-order valence-electron chi connectivity index (χ4n) is 1.91. The van der Waals surface area contributed by atoms with Crippen LogP contribution in [0.25, 0.3) is 11.3 Å². The monoisotopic (exact) mass is 274 g/mol. The summed E-state index contributed by atoms with van der Waals surface area (Å²) in [5.41, 5.74) is 0.981. The number of carboxylic acids is 1. The molecular weight excluding hydrogens is 256 g/mol. The molecule has 0 bridgehead atoms. The van der Waals surface area contributed by atoms with Gasteiger partial charge in [-0.15, -0.1) is 0 Å². The zero-order chi connectivity index (χ0) is 14.9. The Bertz CT molecular complexity index is 639. The molecular formula is C15H18N2O3. The van der Waals surface area contributed by atoms with Gasteiger partial charge in [0.1, 0.15) is 17.0 Å². The maximum atomic E-state index is 11.4. The lowest BCUT2D eigenvalue weighted by molar-refractivity contribution is 0.0697. The van der Waals surface area contributed by atoms with E-state index in [1.54, 1.807) is 30.1 Å². The van der Waals surface area contributed by atoms with Gasteiger partial charge in [0.15, 0.2) is 0 Å². The molecule has 5 nitrogen and oxygen atoms in total. The van der Waals surface area contributed by atoms with Gasteiger partial charge in [-0.3, -0.25) is 4.68 Å². The van der Waals surface area contributed by atoms with Crippen LogP contribution in [0.4, 0.5) is 0 Å². The first-order chi connectivity index (χ1) is 9.34. The third-order valence-corrected chi connectivity index (χ3v) is 2.99. The van der Waals surface area contributed by atoms with Crippen LogP contribution in [0.1, 0.15) is 31.1 Å². The number of carbonyl (C=O) groups is 1. The summed E-state index contributed by atoms with van der Waals surface area (Å²) in [5, 5.41) is 13.8. The quantitative estimate of drug-likeness (QED) is 0.934. The molecule has 2 aromatic rings. The fourth-order valence-corrected chi connectivity index (χ4v) is 1.91. The molecule has 0 amide bonds. The summed E-state index contributed by atoms with van der Waals surface area (Å²) in [4.78, 5) is 11.4. The summed E-state index contributed by atoms with van der Waals surface area (Å²) in [5.74, 6) is -0.393. The standard InChI is InChI=1S/C15H18N2O3/c1-15(2,3)17-9-11(14(18)19)13(16-17)10-7-5-6-8-12(10)20-4/h5-9H,1-4H3,(H,18,19). The minimum atomic E-state index is -0.999. The highest BCUT2D eigenvalue weighted by Gasteiger charge is 2.23. The Morgan fingerprint density at radius 3 is 2.50 bits per heavy atom. The van der Waals surface area contributed by atoms with Gasteiger partial charge in [0.25, 0.3) is 0 Å². The predicted molar refractivity (Wildman–Crippen MR) is 76.2 cm³/mol. The molecule has 5 heteroatoms. The highest BCUT2D eigenvalue weighted by atomic mass is 16.5. The maximum Gasteiger partial charge on any atom is 0.339 e. The number of nitrogens with zero attached hydrogens (tertiary/aromatic N) is 2. The lowest BCUT2D eigenvalue weighted by Crippen LogP contribution is -2.22. The summed E-state index contributed by atoms with van der Waals surface area (Å²) >= 11 is 0. The number of methoxy groups -OCH3 is 1. The van der Waals surface area contributed by atoms with Crippen molar-refractivity contribution in [3.8, 4) is 17.0 Å². The van der Waals surface area contributed by atoms with E-state index in [0.717, 1.165) is 0 Å². The Morgan fingerprint density at radius 2 is 1.95 bits per heavy atom. The van der Waals surface area contributed by atoms with E-state index in [-0.39, 0.29) is 11.1 Å². The highest BCUT2D eigenvalue weighted by molar-refractivity contribution is 5.95. The van der Waals surface area contributed by atoms with Crippen LogP contribution in [0.15, 0.2) is 30.5 Å². The second-order valence-corrected chi connectivity index (χ2v) is 5.51. The molecule has 0 aliphatic heterocycles. The molecule has 1 aromatic carbocycles. The molecule has 0 saturated heterocycles. The van der Waals surface area contributed by atoms with Crippen molar-refractivity contribution in [1.82, 2.24) is 9.78 Å². The van der Waals surface area contributed by atoms with Crippen LogP contribution in [0.3, 0.4) is 0 Å². The molecule has 0 spiro atoms. The van der Waals surface area contributed by atoms with Crippen molar-refractivity contribution in [2.24, 2.45) is 0 Å². The Labute approximate surface area is 117 Å². The van der Waals surface area contributed by atoms with Crippen LogP contribution in [0.2, 0.25) is 0 Å². The third kappa shape index (κ3) is 2.52. The van der Waals surface area contributed by atoms with Gasteiger partial charge in [-0.1, -0.05) is 12.1 Å². The molecule has 1 N–H and O–H groups in total. The van der Waals surface area contributed by atoms with Crippen LogP contribution >= 0.6 is 0 Å². The van der Waals surface area contributed by atoms with E-state index in [1.165, 1.54) is 0 Å². The highest BCUT2D eigenvalue weighted by Crippen LogP contribution is 2.32. The molecule has 0 radical (unpaired) electrons. The van der Waals surface area contributed by atoms with Crippen molar-refractivity contribution in [2.75, 3.05) is 7.11 Å². The smallest absolute Gasteiger partial charge is 0.339 e. The summed E-state index contributed by atoms with van der Waals surface area (Å²) in [6, 6.07) is 7.26. The van der Waals surface area contributed by atoms with E-state index in [0.29, 0.717) is 17.0 Å². The van der Waals surface area contributed by atoms with Gasteiger partial charge in [0, 0.05) is 11.8 Å². The Hall–Kier alpha value is -2.30. The maximum absolute atomic E-state index is 11.4. The van der Waals surface area contributed by atoms with Gasteiger partial charge in [0.2, 0.25) is 0 Å². The molecule has 106 valence electrons. The Morgan fingerprint density at radius 1 is 1.30 bits per heavy atom. The molecule has 0 atom stereocenters. The van der Waals surface area contributed by atoms with E-state index in [2.05, 4.69) is 5.10 Å². The largest absolute Gasteiger partial charge is 0.496 e. The first kappa shape index (κ1) is 14.1. The van der Waals surface area contributed by atoms with Crippen LogP contribution in [-0.4, -0.2) is 28.0 Å². The average molecular weight is 274 g/mol. The molecule has 1 heterocycles. The first-order valence-corrected chi connectivity index (χ1v) is 6.31. The minimum absolute atomic E-state index is 0.171. The number of rotatable bonds is 3. The second kappa shape index (κ2) is 5.00. The van der Waals surface area contributed by atoms with Crippen LogP contribution in [0.5, 0.6) is 5.75 Å². The Kier molecular flexibility index (Phi) is 3.53. The number of carboxylic acid groups (broad SMARTS) is 1. The van der Waals surface area contributed by atoms with Gasteiger partial charge >= 0.3 is 5.97 Å². The van der Waals surface area contributed by atoms with E-state index >= 15 is 0 Å². The number of para-hydroxylation sites is 1. The number of hydrogen-bond donors (Lipinski definition) is 1. The predicted octanol–water partition coefficient (Wildman–Crippen LogP) is 3.01. The normalized spacial score (nSPS) is 11.4. The summed E-state index contributed by atoms with van der Waals surface area (Å²) in [6.07, 6.45) is 1.56. The van der Waals surface area contributed by atoms with Crippen LogP contribution in [-0.2, 0) is 5.54 Å². The molecule has 0 saturated carbocycles. The number of ether oxygens (including phenoxy) is 1. The molecule has 0 fully saturated rings. The molecule has 20 heavy (non-hydrogen) atoms. The summed E-state index contributed by atoms with van der Waals surface area (Å²) in [6.45, 7) is 5.91. The zero-order valence-corrected chi connectivity index (χ0v) is 12.0. The van der Waals surface area contributed by atoms with Gasteiger partial charge < -0.3 is 9.84 Å². The van der Waals surface area contributed by atoms with E-state index < -0.39 is 5.97 Å². The van der Waals surface area contributed by atoms with E-state index in [4.69, 9.17) is 4.74 Å². The van der Waals surface area contributed by atoms with Gasteiger partial charge in [-0.2, -0.15) is 5.10 Å². The molecule has 0 aliphatic rings. The average Bonchev–Trinajstić information content (AvgIpc) is 2.83. The SMILES string of the molecule is COc1ccccc1-c1nn(C(C)(C)C)cc1C(=O)O. The van der Waals surface area contributed by atoms with Crippen molar-refractivity contribution in [3.05, 3.63) is 36.0 Å². The number of aromatic nitrogens is 2. The number of hydrogen-bond acceptors (Lipinski definition) is 3. The van der Waals surface area contributed by atoms with Crippen molar-refractivity contribution in [2.45, 2.75) is 26.3 Å². The van der Waals surface area contributed by atoms with Gasteiger partial charge in [-0.05, 0) is 32.9 Å². The lowest BCUT2D eigenvalue weighted by Gasteiger charge is -2.18. The topological polar surface area (TPSA) is 64.4 Å². The van der Waals surface area contributed by atoms with Crippen molar-refractivity contribution in [1.29, 1.82) is 0 Å². The van der Waals surface area contributed by atoms with E-state index in [9.17, 15) is 9.90 Å². The van der Waals surface area contributed by atoms with Crippen LogP contribution in [0, 0.1) is 0 Å². The second-order valence-electron chi connectivity index (χ2n) is 5.51. The minimum Gasteiger partial charge on any atom is -0.496 e. The fraction of sp³-hybridized carbons (Fsp3) is 0.333. The van der Waals surface area contributed by atoms with Crippen molar-refractivity contribution < 1.29 is 14.6 Å². The van der Waals surface area contributed by atoms with Crippen LogP contribution < -0.4 is 4.74 Å². The Balaban J connectivity index is 2.67. The molecule has 1 aromatic heterocycles. The number of benzene rings is 1.